The molecule has 1 aromatic carbocycles. The van der Waals surface area contributed by atoms with Gasteiger partial charge in [-0.1, -0.05) is 30.5 Å². The van der Waals surface area contributed by atoms with Crippen molar-refractivity contribution in [1.82, 2.24) is 4.90 Å². The molecule has 1 heterocycles. The summed E-state index contributed by atoms with van der Waals surface area (Å²) in [6.45, 7) is 5.75. The second kappa shape index (κ2) is 6.89. The number of hydrogen-bond acceptors (Lipinski definition) is 2. The molecular weight excluding hydrogens is 289 g/mol. The first-order chi connectivity index (χ1) is 9.93. The van der Waals surface area contributed by atoms with E-state index in [1.165, 1.54) is 18.9 Å². The van der Waals surface area contributed by atoms with Crippen LogP contribution in [0.4, 0.5) is 4.39 Å². The topological polar surface area (TPSA) is 20.3 Å². The Labute approximate surface area is 131 Å². The van der Waals surface area contributed by atoms with Crippen molar-refractivity contribution < 1.29 is 9.18 Å². The molecule has 0 saturated carbocycles. The number of benzene rings is 1. The van der Waals surface area contributed by atoms with Crippen LogP contribution in [0.3, 0.4) is 0 Å². The van der Waals surface area contributed by atoms with Crippen molar-refractivity contribution in [3.8, 4) is 0 Å². The number of halogens is 2. The molecular formula is C17H23ClFNO. The summed E-state index contributed by atoms with van der Waals surface area (Å²) in [7, 11) is 0. The second-order valence-electron chi connectivity index (χ2n) is 6.26. The molecule has 1 aromatic rings. The zero-order valence-electron chi connectivity index (χ0n) is 12.8. The average Bonchev–Trinajstić information content (AvgIpc) is 2.72. The van der Waals surface area contributed by atoms with Crippen molar-refractivity contribution in [2.45, 2.75) is 51.5 Å². The van der Waals surface area contributed by atoms with Gasteiger partial charge in [-0.15, -0.1) is 0 Å². The normalized spacial score (nSPS) is 17.5. The summed E-state index contributed by atoms with van der Waals surface area (Å²) in [5.74, 6) is -0.376. The molecule has 0 bridgehead atoms. The standard InChI is InChI=1S/C17H23ClFNO/c1-17(2,20-10-5-3-4-6-11-20)16(21)12-13-14(18)8-7-9-15(13)19/h7-9H,3-6,10-12H2,1-2H3. The first-order valence-electron chi connectivity index (χ1n) is 7.64. The minimum absolute atomic E-state index is 0.0244. The largest absolute Gasteiger partial charge is 0.297 e. The Morgan fingerprint density at radius 2 is 1.86 bits per heavy atom. The number of carbonyl (C=O) groups is 1. The third-order valence-corrected chi connectivity index (χ3v) is 4.83. The van der Waals surface area contributed by atoms with Gasteiger partial charge in [-0.3, -0.25) is 9.69 Å². The number of Topliss-reactive ketones (excluding diaryl/α,β-unsaturated/α-hetero) is 1. The highest BCUT2D eigenvalue weighted by Crippen LogP contribution is 2.26. The maximum absolute atomic E-state index is 13.9. The highest BCUT2D eigenvalue weighted by atomic mass is 35.5. The first-order valence-corrected chi connectivity index (χ1v) is 8.02. The minimum atomic E-state index is -0.573. The van der Waals surface area contributed by atoms with Crippen LogP contribution in [0.15, 0.2) is 18.2 Å². The lowest BCUT2D eigenvalue weighted by Crippen LogP contribution is -2.51. The van der Waals surface area contributed by atoms with Crippen molar-refractivity contribution >= 4 is 17.4 Å². The van der Waals surface area contributed by atoms with E-state index in [4.69, 9.17) is 11.6 Å². The first kappa shape index (κ1) is 16.4. The summed E-state index contributed by atoms with van der Waals surface area (Å²) >= 11 is 6.03. The number of rotatable bonds is 4. The summed E-state index contributed by atoms with van der Waals surface area (Å²) in [5, 5.41) is 0.329. The highest BCUT2D eigenvalue weighted by Gasteiger charge is 2.34. The Bertz CT molecular complexity index is 487. The summed E-state index contributed by atoms with van der Waals surface area (Å²) in [4.78, 5) is 14.9. The van der Waals surface area contributed by atoms with Gasteiger partial charge in [0, 0.05) is 17.0 Å². The monoisotopic (exact) mass is 311 g/mol. The zero-order valence-corrected chi connectivity index (χ0v) is 13.5. The highest BCUT2D eigenvalue weighted by molar-refractivity contribution is 6.31. The van der Waals surface area contributed by atoms with E-state index in [0.717, 1.165) is 25.9 Å². The van der Waals surface area contributed by atoms with Gasteiger partial charge in [0.25, 0.3) is 0 Å². The molecule has 2 rings (SSSR count). The minimum Gasteiger partial charge on any atom is -0.297 e. The SMILES string of the molecule is CC(C)(C(=O)Cc1c(F)cccc1Cl)N1CCCCCC1. The lowest BCUT2D eigenvalue weighted by atomic mass is 9.91. The Hall–Kier alpha value is -0.930. The number of hydrogen-bond donors (Lipinski definition) is 0. The van der Waals surface area contributed by atoms with Crippen LogP contribution < -0.4 is 0 Å². The molecule has 116 valence electrons. The Kier molecular flexibility index (Phi) is 5.39. The van der Waals surface area contributed by atoms with E-state index in [1.807, 2.05) is 13.8 Å². The van der Waals surface area contributed by atoms with Gasteiger partial charge < -0.3 is 0 Å². The summed E-state index contributed by atoms with van der Waals surface area (Å²) in [5.41, 5.74) is -0.261. The van der Waals surface area contributed by atoms with E-state index in [0.29, 0.717) is 10.6 Å². The zero-order chi connectivity index (χ0) is 15.5. The Balaban J connectivity index is 2.14. The van der Waals surface area contributed by atoms with Crippen LogP contribution in [0.25, 0.3) is 0 Å². The molecule has 0 N–H and O–H groups in total. The van der Waals surface area contributed by atoms with E-state index in [1.54, 1.807) is 12.1 Å². The summed E-state index contributed by atoms with van der Waals surface area (Å²) in [6, 6.07) is 4.55. The van der Waals surface area contributed by atoms with Crippen LogP contribution in [0.2, 0.25) is 5.02 Å². The molecule has 0 amide bonds. The van der Waals surface area contributed by atoms with Gasteiger partial charge in [-0.25, -0.2) is 4.39 Å². The van der Waals surface area contributed by atoms with Crippen LogP contribution in [0, 0.1) is 5.82 Å². The van der Waals surface area contributed by atoms with Gasteiger partial charge >= 0.3 is 0 Å². The van der Waals surface area contributed by atoms with Crippen LogP contribution in [-0.2, 0) is 11.2 Å². The van der Waals surface area contributed by atoms with E-state index >= 15 is 0 Å². The quantitative estimate of drug-likeness (QED) is 0.828. The van der Waals surface area contributed by atoms with Crippen molar-refractivity contribution in [1.29, 1.82) is 0 Å². The second-order valence-corrected chi connectivity index (χ2v) is 6.67. The number of likely N-dealkylation sites (tertiary alicyclic amines) is 1. The molecule has 0 radical (unpaired) electrons. The fourth-order valence-corrected chi connectivity index (χ4v) is 3.11. The maximum atomic E-state index is 13.9. The molecule has 0 aromatic heterocycles. The van der Waals surface area contributed by atoms with Crippen LogP contribution in [-0.4, -0.2) is 29.3 Å². The van der Waals surface area contributed by atoms with E-state index in [9.17, 15) is 9.18 Å². The van der Waals surface area contributed by atoms with Crippen LogP contribution in [0.1, 0.15) is 45.1 Å². The lowest BCUT2D eigenvalue weighted by Gasteiger charge is -2.36. The molecule has 21 heavy (non-hydrogen) atoms. The van der Waals surface area contributed by atoms with Gasteiger partial charge in [0.2, 0.25) is 0 Å². The molecule has 1 fully saturated rings. The number of ketones is 1. The molecule has 4 heteroatoms. The van der Waals surface area contributed by atoms with Gasteiger partial charge in [-0.05, 0) is 51.9 Å². The fraction of sp³-hybridized carbons (Fsp3) is 0.588. The molecule has 1 saturated heterocycles. The fourth-order valence-electron chi connectivity index (χ4n) is 2.88. The third-order valence-electron chi connectivity index (χ3n) is 4.48. The number of nitrogens with zero attached hydrogens (tertiary/aromatic N) is 1. The summed E-state index contributed by atoms with van der Waals surface area (Å²) < 4.78 is 13.9. The third kappa shape index (κ3) is 3.83. The number of carbonyl (C=O) groups excluding carboxylic acids is 1. The van der Waals surface area contributed by atoms with Crippen molar-refractivity contribution in [3.63, 3.8) is 0 Å². The molecule has 0 aliphatic carbocycles. The van der Waals surface area contributed by atoms with Gasteiger partial charge in [-0.2, -0.15) is 0 Å². The Morgan fingerprint density at radius 3 is 2.43 bits per heavy atom. The lowest BCUT2D eigenvalue weighted by molar-refractivity contribution is -0.128. The van der Waals surface area contributed by atoms with Gasteiger partial charge in [0.1, 0.15) is 5.82 Å². The molecule has 2 nitrogen and oxygen atoms in total. The van der Waals surface area contributed by atoms with E-state index < -0.39 is 11.4 Å². The van der Waals surface area contributed by atoms with E-state index in [2.05, 4.69) is 4.90 Å². The maximum Gasteiger partial charge on any atom is 0.157 e. The predicted octanol–water partition coefficient (Wildman–Crippen LogP) is 4.25. The molecule has 1 aliphatic rings. The molecule has 0 atom stereocenters. The average molecular weight is 312 g/mol. The molecule has 1 aliphatic heterocycles. The van der Waals surface area contributed by atoms with Crippen LogP contribution in [0.5, 0.6) is 0 Å². The summed E-state index contributed by atoms with van der Waals surface area (Å²) in [6.07, 6.45) is 4.74. The van der Waals surface area contributed by atoms with Gasteiger partial charge in [0.05, 0.1) is 5.54 Å². The molecule has 0 unspecified atom stereocenters. The van der Waals surface area contributed by atoms with Gasteiger partial charge in [0.15, 0.2) is 5.78 Å². The van der Waals surface area contributed by atoms with Crippen LogP contribution >= 0.6 is 11.6 Å². The van der Waals surface area contributed by atoms with E-state index in [-0.39, 0.29) is 12.2 Å². The van der Waals surface area contributed by atoms with Crippen molar-refractivity contribution in [2.75, 3.05) is 13.1 Å². The molecule has 0 spiro atoms. The van der Waals surface area contributed by atoms with Crippen molar-refractivity contribution in [3.05, 3.63) is 34.6 Å². The Morgan fingerprint density at radius 1 is 1.24 bits per heavy atom. The predicted molar refractivity (Wildman–Crippen MR) is 84.2 cm³/mol. The smallest absolute Gasteiger partial charge is 0.157 e. The van der Waals surface area contributed by atoms with Crippen molar-refractivity contribution in [2.24, 2.45) is 0 Å².